The molecule has 9 nitrogen and oxygen atoms in total. The number of alkyl halides is 3. The lowest BCUT2D eigenvalue weighted by atomic mass is 9.97. The Morgan fingerprint density at radius 1 is 1.00 bits per heavy atom. The predicted octanol–water partition coefficient (Wildman–Crippen LogP) is -1.72. The van der Waals surface area contributed by atoms with Gasteiger partial charge in [0.15, 0.2) is 0 Å². The Morgan fingerprint density at radius 3 is 2.18 bits per heavy atom. The van der Waals surface area contributed by atoms with Gasteiger partial charge in [-0.05, 0) is 18.2 Å². The van der Waals surface area contributed by atoms with Crippen molar-refractivity contribution in [3.8, 4) is 0 Å². The van der Waals surface area contributed by atoms with E-state index in [1.54, 1.807) is 0 Å². The van der Waals surface area contributed by atoms with Crippen LogP contribution in [0.1, 0.15) is 11.3 Å². The topological polar surface area (TPSA) is 167 Å². The smallest absolute Gasteiger partial charge is 0.394 e. The first-order chi connectivity index (χ1) is 13.0. The second-order valence-electron chi connectivity index (χ2n) is 6.24. The van der Waals surface area contributed by atoms with Crippen molar-refractivity contribution in [1.29, 1.82) is 0 Å². The summed E-state index contributed by atoms with van der Waals surface area (Å²) in [6.45, 7) is -0.910. The number of hydrogen-bond donors (Lipinski definition) is 7. The van der Waals surface area contributed by atoms with E-state index in [-0.39, 0.29) is 16.7 Å². The number of nitrogens with one attached hydrogen (secondary N) is 1. The van der Waals surface area contributed by atoms with E-state index in [1.165, 1.54) is 0 Å². The number of aromatic nitrogens is 2. The highest BCUT2D eigenvalue weighted by Crippen LogP contribution is 2.30. The van der Waals surface area contributed by atoms with Gasteiger partial charge < -0.3 is 35.6 Å². The Labute approximate surface area is 155 Å². The maximum Gasteiger partial charge on any atom is 0.416 e. The summed E-state index contributed by atoms with van der Waals surface area (Å²) in [6.07, 6.45) is -14.8. The molecule has 2 aromatic rings. The molecule has 0 saturated heterocycles. The lowest BCUT2D eigenvalue weighted by molar-refractivity contribution is -0.139. The van der Waals surface area contributed by atoms with Crippen LogP contribution in [0.5, 0.6) is 0 Å². The number of fused-ring (bicyclic) bond motifs is 1. The Balaban J connectivity index is 2.23. The number of nitrogens with zero attached hydrogens (tertiary/aromatic N) is 1. The van der Waals surface area contributed by atoms with Crippen LogP contribution in [0.3, 0.4) is 0 Å². The molecule has 0 fully saturated rings. The third-order valence-electron chi connectivity index (χ3n) is 4.17. The molecule has 0 aliphatic carbocycles. The molecular formula is C16H19F3N2O7. The number of aliphatic hydroxyl groups is 6. The quantitative estimate of drug-likeness (QED) is 0.284. The van der Waals surface area contributed by atoms with Crippen LogP contribution in [0.2, 0.25) is 0 Å². The number of hydrogen-bond acceptors (Lipinski definition) is 8. The van der Waals surface area contributed by atoms with Crippen molar-refractivity contribution >= 4 is 11.0 Å². The molecule has 0 bridgehead atoms. The monoisotopic (exact) mass is 408 g/mol. The largest absolute Gasteiger partial charge is 0.416 e. The molecule has 0 spiro atoms. The van der Waals surface area contributed by atoms with Gasteiger partial charge in [-0.1, -0.05) is 0 Å². The minimum Gasteiger partial charge on any atom is -0.394 e. The average Bonchev–Trinajstić information content (AvgIpc) is 2.64. The van der Waals surface area contributed by atoms with Gasteiger partial charge in [-0.3, -0.25) is 4.79 Å². The summed E-state index contributed by atoms with van der Waals surface area (Å²) >= 11 is 0. The molecule has 2 unspecified atom stereocenters. The lowest BCUT2D eigenvalue weighted by Crippen LogP contribution is -2.50. The molecule has 0 radical (unpaired) electrons. The van der Waals surface area contributed by atoms with Gasteiger partial charge in [-0.15, -0.1) is 0 Å². The van der Waals surface area contributed by atoms with Crippen LogP contribution in [0, 0.1) is 0 Å². The van der Waals surface area contributed by atoms with Gasteiger partial charge in [-0.2, -0.15) is 13.2 Å². The molecule has 0 aliphatic rings. The molecule has 0 aliphatic heterocycles. The van der Waals surface area contributed by atoms with E-state index in [0.29, 0.717) is 6.07 Å². The number of rotatable bonds is 7. The zero-order valence-corrected chi connectivity index (χ0v) is 14.2. The Bertz CT molecular complexity index is 873. The molecule has 5 atom stereocenters. The second kappa shape index (κ2) is 8.51. The molecule has 1 aromatic carbocycles. The van der Waals surface area contributed by atoms with Gasteiger partial charge in [0.05, 0.1) is 29.3 Å². The maximum atomic E-state index is 12.7. The first-order valence-corrected chi connectivity index (χ1v) is 8.07. The molecule has 0 amide bonds. The second-order valence-corrected chi connectivity index (χ2v) is 6.24. The average molecular weight is 408 g/mol. The molecule has 12 heteroatoms. The van der Waals surface area contributed by atoms with Crippen LogP contribution in [0.4, 0.5) is 13.2 Å². The zero-order valence-electron chi connectivity index (χ0n) is 14.2. The summed E-state index contributed by atoms with van der Waals surface area (Å²) in [6, 6.07) is 2.49. The standard InChI is InChI=1S/C16H19F3N2O7/c17-16(18,19)6-1-2-7-8(3-6)21-15(28)9(20-7)4-10(23)12(25)14(27)13(26)11(24)5-22/h1-3,10-14,22-27H,4-5H2,(H,21,28)/t10?,11-,12-,13-,14?/m1/s1. The fourth-order valence-corrected chi connectivity index (χ4v) is 2.52. The van der Waals surface area contributed by atoms with Crippen LogP contribution in [-0.4, -0.2) is 77.7 Å². The van der Waals surface area contributed by atoms with Crippen LogP contribution in [0.15, 0.2) is 23.0 Å². The van der Waals surface area contributed by atoms with Crippen molar-refractivity contribution < 1.29 is 43.8 Å². The molecule has 1 heterocycles. The number of halogens is 3. The van der Waals surface area contributed by atoms with Crippen LogP contribution < -0.4 is 5.56 Å². The van der Waals surface area contributed by atoms with Crippen LogP contribution >= 0.6 is 0 Å². The lowest BCUT2D eigenvalue weighted by Gasteiger charge is -2.28. The van der Waals surface area contributed by atoms with Gasteiger partial charge in [-0.25, -0.2) is 4.98 Å². The number of aromatic amines is 1. The highest BCUT2D eigenvalue weighted by Gasteiger charge is 2.35. The molecule has 7 N–H and O–H groups in total. The minimum atomic E-state index is -4.61. The third-order valence-corrected chi connectivity index (χ3v) is 4.17. The van der Waals surface area contributed by atoms with Gasteiger partial charge in [0.1, 0.15) is 30.1 Å². The first kappa shape index (κ1) is 22.2. The molecule has 0 saturated carbocycles. The van der Waals surface area contributed by atoms with Crippen molar-refractivity contribution in [2.45, 2.75) is 43.1 Å². The van der Waals surface area contributed by atoms with Gasteiger partial charge >= 0.3 is 6.18 Å². The van der Waals surface area contributed by atoms with E-state index in [0.717, 1.165) is 12.1 Å². The molecule has 156 valence electrons. The van der Waals surface area contributed by atoms with Crippen molar-refractivity contribution in [2.75, 3.05) is 6.61 Å². The van der Waals surface area contributed by atoms with Gasteiger partial charge in [0.2, 0.25) is 0 Å². The molecule has 1 aromatic heterocycles. The van der Waals surface area contributed by atoms with Crippen molar-refractivity contribution in [3.63, 3.8) is 0 Å². The Kier molecular flexibility index (Phi) is 6.75. The minimum absolute atomic E-state index is 0.000533. The third kappa shape index (κ3) is 4.84. The van der Waals surface area contributed by atoms with Crippen molar-refractivity contribution in [2.24, 2.45) is 0 Å². The first-order valence-electron chi connectivity index (χ1n) is 8.07. The maximum absolute atomic E-state index is 12.7. The van der Waals surface area contributed by atoms with Crippen LogP contribution in [-0.2, 0) is 12.6 Å². The zero-order chi connectivity index (χ0) is 21.2. The van der Waals surface area contributed by atoms with E-state index >= 15 is 0 Å². The number of H-pyrrole nitrogens is 1. The van der Waals surface area contributed by atoms with Crippen molar-refractivity contribution in [3.05, 3.63) is 39.8 Å². The fraction of sp³-hybridized carbons (Fsp3) is 0.500. The van der Waals surface area contributed by atoms with Crippen LogP contribution in [0.25, 0.3) is 11.0 Å². The summed E-state index contributed by atoms with van der Waals surface area (Å²) in [7, 11) is 0. The van der Waals surface area contributed by atoms with Crippen molar-refractivity contribution in [1.82, 2.24) is 9.97 Å². The Morgan fingerprint density at radius 2 is 1.61 bits per heavy atom. The van der Waals surface area contributed by atoms with E-state index in [9.17, 15) is 43.5 Å². The SMILES string of the molecule is O=c1[nH]c2cc(C(F)(F)F)ccc2nc1CC(O)[C@@H](O)C(O)[C@H](O)[C@H](O)CO. The van der Waals surface area contributed by atoms with E-state index < -0.39 is 60.8 Å². The predicted molar refractivity (Wildman–Crippen MR) is 88.2 cm³/mol. The van der Waals surface area contributed by atoms with E-state index in [1.807, 2.05) is 0 Å². The summed E-state index contributed by atoms with van der Waals surface area (Å²) in [5.74, 6) is 0. The number of benzene rings is 1. The summed E-state index contributed by atoms with van der Waals surface area (Å²) in [4.78, 5) is 18.1. The highest BCUT2D eigenvalue weighted by atomic mass is 19.4. The van der Waals surface area contributed by atoms with Gasteiger partial charge in [0.25, 0.3) is 5.56 Å². The fourth-order valence-electron chi connectivity index (χ4n) is 2.52. The summed E-state index contributed by atoms with van der Waals surface area (Å²) < 4.78 is 38.2. The van der Waals surface area contributed by atoms with Gasteiger partial charge in [0, 0.05) is 6.42 Å². The highest BCUT2D eigenvalue weighted by molar-refractivity contribution is 5.75. The normalized spacial score (nSPS) is 17.9. The molecule has 2 rings (SSSR count). The summed E-state index contributed by atoms with van der Waals surface area (Å²) in [5.41, 5.74) is -2.41. The number of aliphatic hydroxyl groups excluding tert-OH is 6. The van der Waals surface area contributed by atoms with E-state index in [4.69, 9.17) is 5.11 Å². The molecule has 28 heavy (non-hydrogen) atoms. The summed E-state index contributed by atoms with van der Waals surface area (Å²) in [5, 5.41) is 57.1. The molecular weight excluding hydrogens is 389 g/mol. The van der Waals surface area contributed by atoms with E-state index in [2.05, 4.69) is 9.97 Å². The Hall–Kier alpha value is -2.09.